The van der Waals surface area contributed by atoms with Crippen molar-refractivity contribution in [2.24, 2.45) is 11.7 Å². The monoisotopic (exact) mass is 211 g/mol. The van der Waals surface area contributed by atoms with Crippen LogP contribution in [-0.4, -0.2) is 30.4 Å². The lowest BCUT2D eigenvalue weighted by Crippen LogP contribution is -2.38. The van der Waals surface area contributed by atoms with Gasteiger partial charge in [-0.2, -0.15) is 0 Å². The molecule has 0 aliphatic heterocycles. The van der Waals surface area contributed by atoms with Crippen LogP contribution in [0.5, 0.6) is 0 Å². The largest absolute Gasteiger partial charge is 0.387 e. The number of rotatable bonds is 4. The summed E-state index contributed by atoms with van der Waals surface area (Å²) in [5.41, 5.74) is 5.50. The summed E-state index contributed by atoms with van der Waals surface area (Å²) < 4.78 is 0. The van der Waals surface area contributed by atoms with Crippen molar-refractivity contribution in [2.45, 2.75) is 51.5 Å². The summed E-state index contributed by atoms with van der Waals surface area (Å²) in [5.74, 6) is 0.508. The van der Waals surface area contributed by atoms with Gasteiger partial charge in [0.2, 0.25) is 0 Å². The van der Waals surface area contributed by atoms with E-state index in [1.165, 1.54) is 38.5 Å². The molecule has 1 fully saturated rings. The Kier molecular flexibility index (Phi) is 5.09. The molecule has 0 radical (unpaired) electrons. The number of amidine groups is 1. The van der Waals surface area contributed by atoms with Crippen LogP contribution in [0.4, 0.5) is 0 Å². The molecule has 0 amide bonds. The molecule has 3 nitrogen and oxygen atoms in total. The minimum Gasteiger partial charge on any atom is -0.387 e. The Hall–Kier alpha value is -0.570. The summed E-state index contributed by atoms with van der Waals surface area (Å²) in [5, 5.41) is 7.40. The van der Waals surface area contributed by atoms with E-state index >= 15 is 0 Å². The van der Waals surface area contributed by atoms with Crippen LogP contribution in [0.1, 0.15) is 45.4 Å². The molecular weight excluding hydrogens is 186 g/mol. The van der Waals surface area contributed by atoms with Crippen molar-refractivity contribution in [3.63, 3.8) is 0 Å². The van der Waals surface area contributed by atoms with E-state index in [4.69, 9.17) is 11.1 Å². The summed E-state index contributed by atoms with van der Waals surface area (Å²) in [4.78, 5) is 2.40. The van der Waals surface area contributed by atoms with Crippen molar-refractivity contribution in [2.75, 3.05) is 13.6 Å². The summed E-state index contributed by atoms with van der Waals surface area (Å²) in [6.45, 7) is 2.97. The molecular formula is C12H25N3. The first-order valence-corrected chi connectivity index (χ1v) is 6.15. The van der Waals surface area contributed by atoms with E-state index in [-0.39, 0.29) is 5.92 Å². The Morgan fingerprint density at radius 2 is 1.87 bits per heavy atom. The van der Waals surface area contributed by atoms with Gasteiger partial charge >= 0.3 is 0 Å². The molecule has 0 spiro atoms. The molecule has 0 aromatic rings. The lowest BCUT2D eigenvalue weighted by atomic mass is 10.1. The fourth-order valence-electron chi connectivity index (χ4n) is 2.38. The van der Waals surface area contributed by atoms with Crippen LogP contribution >= 0.6 is 0 Å². The minimum absolute atomic E-state index is 0.193. The van der Waals surface area contributed by atoms with Gasteiger partial charge in [0.25, 0.3) is 0 Å². The maximum atomic E-state index is 7.40. The van der Waals surface area contributed by atoms with Crippen LogP contribution in [-0.2, 0) is 0 Å². The normalized spacial score (nSPS) is 21.3. The second-order valence-electron chi connectivity index (χ2n) is 4.94. The lowest BCUT2D eigenvalue weighted by molar-refractivity contribution is 0.209. The summed E-state index contributed by atoms with van der Waals surface area (Å²) in [7, 11) is 2.18. The lowest BCUT2D eigenvalue weighted by Gasteiger charge is -2.29. The molecule has 0 saturated heterocycles. The quantitative estimate of drug-likeness (QED) is 0.425. The van der Waals surface area contributed by atoms with E-state index in [9.17, 15) is 0 Å². The van der Waals surface area contributed by atoms with Crippen LogP contribution in [0.15, 0.2) is 0 Å². The average molecular weight is 211 g/mol. The Balaban J connectivity index is 2.37. The third-order valence-electron chi connectivity index (χ3n) is 3.54. The molecule has 1 aliphatic carbocycles. The van der Waals surface area contributed by atoms with Crippen molar-refractivity contribution >= 4 is 5.84 Å². The number of nitrogens with two attached hydrogens (primary N) is 1. The van der Waals surface area contributed by atoms with Gasteiger partial charge in [-0.3, -0.25) is 5.41 Å². The van der Waals surface area contributed by atoms with Crippen LogP contribution in [0.2, 0.25) is 0 Å². The van der Waals surface area contributed by atoms with Crippen molar-refractivity contribution in [3.05, 3.63) is 0 Å². The van der Waals surface area contributed by atoms with Crippen molar-refractivity contribution in [1.82, 2.24) is 4.90 Å². The van der Waals surface area contributed by atoms with Crippen molar-refractivity contribution < 1.29 is 0 Å². The van der Waals surface area contributed by atoms with Crippen LogP contribution in [0, 0.1) is 11.3 Å². The van der Waals surface area contributed by atoms with E-state index in [1.807, 2.05) is 6.92 Å². The molecule has 0 bridgehead atoms. The number of nitrogens with one attached hydrogen (secondary N) is 1. The van der Waals surface area contributed by atoms with Gasteiger partial charge in [-0.05, 0) is 19.9 Å². The van der Waals surface area contributed by atoms with Crippen LogP contribution < -0.4 is 5.73 Å². The van der Waals surface area contributed by atoms with Gasteiger partial charge < -0.3 is 10.6 Å². The number of nitrogens with zero attached hydrogens (tertiary/aromatic N) is 1. The fourth-order valence-corrected chi connectivity index (χ4v) is 2.38. The van der Waals surface area contributed by atoms with Gasteiger partial charge in [0.15, 0.2) is 0 Å². The minimum atomic E-state index is 0.193. The zero-order valence-electron chi connectivity index (χ0n) is 10.1. The van der Waals surface area contributed by atoms with Gasteiger partial charge in [0, 0.05) is 18.5 Å². The molecule has 0 aromatic carbocycles. The van der Waals surface area contributed by atoms with E-state index < -0.39 is 0 Å². The number of hydrogen-bond donors (Lipinski definition) is 2. The second-order valence-corrected chi connectivity index (χ2v) is 4.94. The summed E-state index contributed by atoms with van der Waals surface area (Å²) in [6.07, 6.45) is 8.16. The highest BCUT2D eigenvalue weighted by molar-refractivity contribution is 5.79. The van der Waals surface area contributed by atoms with Gasteiger partial charge in [-0.25, -0.2) is 0 Å². The average Bonchev–Trinajstić information content (AvgIpc) is 2.45. The Morgan fingerprint density at radius 3 is 2.33 bits per heavy atom. The standard InChI is InChI=1S/C12H25N3/c1-10(12(13)14)9-15(2)11-7-5-3-4-6-8-11/h10-11H,3-9H2,1-2H3,(H3,13,14). The first-order valence-electron chi connectivity index (χ1n) is 6.15. The van der Waals surface area contributed by atoms with Crippen LogP contribution in [0.25, 0.3) is 0 Å². The summed E-state index contributed by atoms with van der Waals surface area (Å²) >= 11 is 0. The third kappa shape index (κ3) is 4.20. The Morgan fingerprint density at radius 1 is 1.33 bits per heavy atom. The molecule has 1 rings (SSSR count). The first-order chi connectivity index (χ1) is 7.11. The molecule has 0 heterocycles. The van der Waals surface area contributed by atoms with E-state index in [0.29, 0.717) is 11.9 Å². The van der Waals surface area contributed by atoms with Gasteiger partial charge in [-0.1, -0.05) is 32.6 Å². The first kappa shape index (κ1) is 12.5. The SMILES string of the molecule is CC(CN(C)C1CCCCCC1)C(=N)N. The highest BCUT2D eigenvalue weighted by Gasteiger charge is 2.19. The predicted molar refractivity (Wildman–Crippen MR) is 65.2 cm³/mol. The molecule has 1 saturated carbocycles. The maximum absolute atomic E-state index is 7.40. The second kappa shape index (κ2) is 6.11. The molecule has 0 aromatic heterocycles. The molecule has 1 atom stereocenters. The van der Waals surface area contributed by atoms with E-state index in [2.05, 4.69) is 11.9 Å². The molecule has 1 unspecified atom stereocenters. The van der Waals surface area contributed by atoms with Crippen molar-refractivity contribution in [3.8, 4) is 0 Å². The molecule has 1 aliphatic rings. The van der Waals surface area contributed by atoms with Crippen LogP contribution in [0.3, 0.4) is 0 Å². The smallest absolute Gasteiger partial charge is 0.0947 e. The van der Waals surface area contributed by atoms with Crippen molar-refractivity contribution in [1.29, 1.82) is 5.41 Å². The Labute approximate surface area is 93.5 Å². The zero-order chi connectivity index (χ0) is 11.3. The van der Waals surface area contributed by atoms with Gasteiger partial charge in [0.05, 0.1) is 5.84 Å². The van der Waals surface area contributed by atoms with Gasteiger partial charge in [-0.15, -0.1) is 0 Å². The molecule has 3 N–H and O–H groups in total. The van der Waals surface area contributed by atoms with Gasteiger partial charge in [0.1, 0.15) is 0 Å². The molecule has 15 heavy (non-hydrogen) atoms. The predicted octanol–water partition coefficient (Wildman–Crippen LogP) is 2.21. The maximum Gasteiger partial charge on any atom is 0.0947 e. The highest BCUT2D eigenvalue weighted by Crippen LogP contribution is 2.21. The third-order valence-corrected chi connectivity index (χ3v) is 3.54. The molecule has 3 heteroatoms. The zero-order valence-corrected chi connectivity index (χ0v) is 10.1. The number of hydrogen-bond acceptors (Lipinski definition) is 2. The van der Waals surface area contributed by atoms with E-state index in [0.717, 1.165) is 6.54 Å². The van der Waals surface area contributed by atoms with E-state index in [1.54, 1.807) is 0 Å². The fraction of sp³-hybridized carbons (Fsp3) is 0.917. The topological polar surface area (TPSA) is 53.1 Å². The molecule has 88 valence electrons. The highest BCUT2D eigenvalue weighted by atomic mass is 15.1. The Bertz CT molecular complexity index is 195. The summed E-state index contributed by atoms with van der Waals surface area (Å²) in [6, 6.07) is 0.717.